The van der Waals surface area contributed by atoms with Crippen LogP contribution in [0.3, 0.4) is 0 Å². The summed E-state index contributed by atoms with van der Waals surface area (Å²) in [4.78, 5) is 0. The molecule has 2 aromatic rings. The van der Waals surface area contributed by atoms with Crippen molar-refractivity contribution < 1.29 is 23.1 Å². The third-order valence-corrected chi connectivity index (χ3v) is 6.31. The number of nitrogens with one attached hydrogen (secondary N) is 1. The third-order valence-electron chi connectivity index (χ3n) is 3.84. The zero-order valence-corrected chi connectivity index (χ0v) is 18.2. The van der Waals surface area contributed by atoms with Crippen LogP contribution in [0.4, 0.5) is 5.69 Å². The molecular formula is C21H30NO5P. The fourth-order valence-corrected chi connectivity index (χ4v) is 5.12. The molecule has 7 heteroatoms. The van der Waals surface area contributed by atoms with Crippen molar-refractivity contribution >= 4 is 13.3 Å². The number of benzene rings is 2. The standard InChI is InChI=1S/C21H30NO5P/c1-15(2)26-28(23,27-16(3)4)21(22-17-10-8-7-9-11-17)19-14-18(24-5)12-13-20(19)25-6/h7-16,21-22H,1-6H3/t21-/m1/s1. The molecule has 0 aromatic heterocycles. The zero-order chi connectivity index (χ0) is 20.7. The summed E-state index contributed by atoms with van der Waals surface area (Å²) in [5.74, 6) is 0.398. The summed E-state index contributed by atoms with van der Waals surface area (Å²) in [7, 11) is -0.491. The van der Waals surface area contributed by atoms with Gasteiger partial charge >= 0.3 is 7.60 Å². The summed E-state index contributed by atoms with van der Waals surface area (Å²) in [6.45, 7) is 7.33. The number of anilines is 1. The van der Waals surface area contributed by atoms with Gasteiger partial charge in [-0.2, -0.15) is 0 Å². The highest BCUT2D eigenvalue weighted by Crippen LogP contribution is 2.63. The monoisotopic (exact) mass is 407 g/mol. The smallest absolute Gasteiger partial charge is 0.357 e. The molecular weight excluding hydrogens is 377 g/mol. The second-order valence-corrected chi connectivity index (χ2v) is 8.89. The maximum Gasteiger partial charge on any atom is 0.357 e. The van der Waals surface area contributed by atoms with Gasteiger partial charge in [0.25, 0.3) is 0 Å². The van der Waals surface area contributed by atoms with Crippen molar-refractivity contribution in [3.8, 4) is 11.5 Å². The first kappa shape index (κ1) is 22.3. The minimum Gasteiger partial charge on any atom is -0.497 e. The van der Waals surface area contributed by atoms with Gasteiger partial charge in [-0.05, 0) is 58.0 Å². The van der Waals surface area contributed by atoms with Crippen molar-refractivity contribution in [3.05, 3.63) is 54.1 Å². The fourth-order valence-electron chi connectivity index (χ4n) is 2.81. The van der Waals surface area contributed by atoms with Gasteiger partial charge in [0.2, 0.25) is 0 Å². The number of para-hydroxylation sites is 1. The Morgan fingerprint density at radius 1 is 0.857 bits per heavy atom. The van der Waals surface area contributed by atoms with Crippen molar-refractivity contribution in [2.75, 3.05) is 19.5 Å². The second kappa shape index (κ2) is 9.97. The van der Waals surface area contributed by atoms with Gasteiger partial charge in [0, 0.05) is 11.3 Å². The summed E-state index contributed by atoms with van der Waals surface area (Å²) in [6, 6.07) is 14.9. The maximum absolute atomic E-state index is 14.0. The lowest BCUT2D eigenvalue weighted by Crippen LogP contribution is -2.20. The van der Waals surface area contributed by atoms with E-state index in [0.29, 0.717) is 17.1 Å². The Kier molecular flexibility index (Phi) is 7.93. The SMILES string of the molecule is COc1ccc(OC)c([C@H](Nc2ccccc2)P(=O)(OC(C)C)OC(C)C)c1. The number of rotatable bonds is 10. The first-order valence-corrected chi connectivity index (χ1v) is 10.9. The zero-order valence-electron chi connectivity index (χ0n) is 17.3. The molecule has 0 amide bonds. The van der Waals surface area contributed by atoms with Crippen molar-refractivity contribution in [3.63, 3.8) is 0 Å². The molecule has 2 aromatic carbocycles. The van der Waals surface area contributed by atoms with Gasteiger partial charge < -0.3 is 23.8 Å². The van der Waals surface area contributed by atoms with Gasteiger partial charge in [0.15, 0.2) is 5.78 Å². The van der Waals surface area contributed by atoms with E-state index in [0.717, 1.165) is 5.69 Å². The molecule has 0 saturated heterocycles. The van der Waals surface area contributed by atoms with Crippen molar-refractivity contribution in [2.45, 2.75) is 45.7 Å². The topological polar surface area (TPSA) is 66.0 Å². The van der Waals surface area contributed by atoms with Gasteiger partial charge in [0.1, 0.15) is 11.5 Å². The molecule has 0 aliphatic heterocycles. The van der Waals surface area contributed by atoms with E-state index in [1.54, 1.807) is 32.4 Å². The minimum atomic E-state index is -3.65. The van der Waals surface area contributed by atoms with Crippen LogP contribution >= 0.6 is 7.60 Å². The molecule has 1 atom stereocenters. The van der Waals surface area contributed by atoms with E-state index in [2.05, 4.69) is 5.32 Å². The summed E-state index contributed by atoms with van der Waals surface area (Å²) >= 11 is 0. The van der Waals surface area contributed by atoms with Crippen LogP contribution in [-0.4, -0.2) is 26.4 Å². The fraction of sp³-hybridized carbons (Fsp3) is 0.429. The lowest BCUT2D eigenvalue weighted by Gasteiger charge is -2.32. The predicted molar refractivity (Wildman–Crippen MR) is 112 cm³/mol. The maximum atomic E-state index is 14.0. The lowest BCUT2D eigenvalue weighted by atomic mass is 10.1. The molecule has 0 heterocycles. The molecule has 1 N–H and O–H groups in total. The Morgan fingerprint density at radius 3 is 1.96 bits per heavy atom. The highest BCUT2D eigenvalue weighted by molar-refractivity contribution is 7.54. The van der Waals surface area contributed by atoms with Gasteiger partial charge in [-0.3, -0.25) is 4.57 Å². The Morgan fingerprint density at radius 2 is 1.46 bits per heavy atom. The number of hydrogen-bond donors (Lipinski definition) is 1. The van der Waals surface area contributed by atoms with E-state index in [9.17, 15) is 4.57 Å². The van der Waals surface area contributed by atoms with Crippen molar-refractivity contribution in [1.29, 1.82) is 0 Å². The van der Waals surface area contributed by atoms with E-state index in [-0.39, 0.29) is 12.2 Å². The molecule has 28 heavy (non-hydrogen) atoms. The van der Waals surface area contributed by atoms with E-state index in [4.69, 9.17) is 18.5 Å². The number of ether oxygens (including phenoxy) is 2. The van der Waals surface area contributed by atoms with E-state index in [1.807, 2.05) is 58.0 Å². The van der Waals surface area contributed by atoms with Crippen LogP contribution in [0.15, 0.2) is 48.5 Å². The van der Waals surface area contributed by atoms with Gasteiger partial charge in [-0.1, -0.05) is 18.2 Å². The normalized spacial score (nSPS) is 12.9. The average Bonchev–Trinajstić information content (AvgIpc) is 2.65. The molecule has 0 radical (unpaired) electrons. The molecule has 6 nitrogen and oxygen atoms in total. The first-order chi connectivity index (χ1) is 13.3. The van der Waals surface area contributed by atoms with Gasteiger partial charge in [-0.15, -0.1) is 0 Å². The highest BCUT2D eigenvalue weighted by atomic mass is 31.2. The molecule has 0 aliphatic carbocycles. The van der Waals surface area contributed by atoms with Crippen LogP contribution in [0.25, 0.3) is 0 Å². The number of methoxy groups -OCH3 is 2. The third kappa shape index (κ3) is 5.74. The van der Waals surface area contributed by atoms with Crippen LogP contribution in [0.5, 0.6) is 11.5 Å². The Hall–Kier alpha value is -2.01. The quantitative estimate of drug-likeness (QED) is 0.498. The van der Waals surface area contributed by atoms with Crippen LogP contribution in [-0.2, 0) is 13.6 Å². The summed E-state index contributed by atoms with van der Waals surface area (Å²) in [5, 5.41) is 3.32. The molecule has 0 spiro atoms. The molecule has 0 fully saturated rings. The summed E-state index contributed by atoms with van der Waals surface area (Å²) < 4.78 is 36.7. The van der Waals surface area contributed by atoms with Crippen LogP contribution < -0.4 is 14.8 Å². The van der Waals surface area contributed by atoms with E-state index < -0.39 is 13.4 Å². The Balaban J connectivity index is 2.63. The minimum absolute atomic E-state index is 0.291. The second-order valence-electron chi connectivity index (χ2n) is 6.87. The lowest BCUT2D eigenvalue weighted by molar-refractivity contribution is 0.137. The predicted octanol–water partition coefficient (Wildman–Crippen LogP) is 5.86. The van der Waals surface area contributed by atoms with Crippen LogP contribution in [0, 0.1) is 0 Å². The molecule has 154 valence electrons. The molecule has 0 bridgehead atoms. The van der Waals surface area contributed by atoms with Crippen LogP contribution in [0.1, 0.15) is 39.0 Å². The largest absolute Gasteiger partial charge is 0.497 e. The van der Waals surface area contributed by atoms with E-state index >= 15 is 0 Å². The molecule has 0 aliphatic rings. The number of hydrogen-bond acceptors (Lipinski definition) is 6. The molecule has 0 unspecified atom stereocenters. The van der Waals surface area contributed by atoms with Crippen LogP contribution in [0.2, 0.25) is 0 Å². The Labute approximate surface area is 167 Å². The summed E-state index contributed by atoms with van der Waals surface area (Å²) in [5.41, 5.74) is 1.42. The van der Waals surface area contributed by atoms with Gasteiger partial charge in [-0.25, -0.2) is 0 Å². The molecule has 0 saturated carbocycles. The van der Waals surface area contributed by atoms with Crippen molar-refractivity contribution in [2.24, 2.45) is 0 Å². The molecule has 2 rings (SSSR count). The Bertz CT molecular complexity index is 781. The van der Waals surface area contributed by atoms with Gasteiger partial charge in [0.05, 0.1) is 26.4 Å². The average molecular weight is 407 g/mol. The summed E-state index contributed by atoms with van der Waals surface area (Å²) in [6.07, 6.45) is -0.581. The first-order valence-electron chi connectivity index (χ1n) is 9.29. The highest BCUT2D eigenvalue weighted by Gasteiger charge is 2.41. The van der Waals surface area contributed by atoms with E-state index in [1.165, 1.54) is 0 Å². The van der Waals surface area contributed by atoms with Crippen molar-refractivity contribution in [1.82, 2.24) is 0 Å².